The van der Waals surface area contributed by atoms with Crippen LogP contribution < -0.4 is 5.73 Å². The monoisotopic (exact) mass is 281 g/mol. The third kappa shape index (κ3) is 2.29. The number of nitrogens with two attached hydrogens (primary N) is 1. The van der Waals surface area contributed by atoms with Gasteiger partial charge in [0.05, 0.1) is 11.3 Å². The van der Waals surface area contributed by atoms with Crippen LogP contribution in [0.25, 0.3) is 22.4 Å². The van der Waals surface area contributed by atoms with E-state index < -0.39 is 0 Å². The van der Waals surface area contributed by atoms with E-state index in [0.717, 1.165) is 22.4 Å². The van der Waals surface area contributed by atoms with Crippen LogP contribution in [0.2, 0.25) is 0 Å². The van der Waals surface area contributed by atoms with E-state index in [0.29, 0.717) is 16.9 Å². The Morgan fingerprint density at radius 1 is 1.05 bits per heavy atom. The van der Waals surface area contributed by atoms with Crippen molar-refractivity contribution in [1.82, 2.24) is 10.2 Å². The van der Waals surface area contributed by atoms with Gasteiger partial charge in [-0.3, -0.25) is 5.10 Å². The van der Waals surface area contributed by atoms with Gasteiger partial charge in [0, 0.05) is 11.1 Å². The third-order valence-electron chi connectivity index (χ3n) is 3.60. The van der Waals surface area contributed by atoms with Gasteiger partial charge in [-0.1, -0.05) is 35.9 Å². The summed E-state index contributed by atoms with van der Waals surface area (Å²) in [5.74, 6) is -0.00633. The van der Waals surface area contributed by atoms with Crippen molar-refractivity contribution in [2.75, 3.05) is 5.73 Å². The first kappa shape index (κ1) is 13.4. The van der Waals surface area contributed by atoms with Crippen molar-refractivity contribution in [2.45, 2.75) is 13.8 Å². The smallest absolute Gasteiger partial charge is 0.153 e. The molecule has 0 amide bonds. The average molecular weight is 281 g/mol. The van der Waals surface area contributed by atoms with Crippen LogP contribution in [0.15, 0.2) is 42.5 Å². The van der Waals surface area contributed by atoms with Crippen LogP contribution in [0.5, 0.6) is 0 Å². The minimum Gasteiger partial charge on any atom is -0.382 e. The molecular weight excluding hydrogens is 265 g/mol. The first-order valence-electron chi connectivity index (χ1n) is 6.74. The molecule has 106 valence electrons. The van der Waals surface area contributed by atoms with Crippen LogP contribution in [0.1, 0.15) is 11.1 Å². The Kier molecular flexibility index (Phi) is 3.22. The molecule has 0 spiro atoms. The normalized spacial score (nSPS) is 10.8. The Hall–Kier alpha value is -2.62. The molecule has 0 aliphatic rings. The molecule has 3 N–H and O–H groups in total. The summed E-state index contributed by atoms with van der Waals surface area (Å²) >= 11 is 0. The molecule has 3 rings (SSSR count). The zero-order chi connectivity index (χ0) is 15.0. The lowest BCUT2D eigenvalue weighted by Crippen LogP contribution is -1.92. The van der Waals surface area contributed by atoms with Gasteiger partial charge in [0.15, 0.2) is 5.82 Å². The number of H-pyrrole nitrogens is 1. The van der Waals surface area contributed by atoms with E-state index in [-0.39, 0.29) is 5.82 Å². The molecule has 1 aromatic heterocycles. The molecule has 0 aliphatic heterocycles. The van der Waals surface area contributed by atoms with E-state index in [1.807, 2.05) is 32.0 Å². The Morgan fingerprint density at radius 2 is 1.81 bits per heavy atom. The molecule has 0 fully saturated rings. The number of rotatable bonds is 2. The summed E-state index contributed by atoms with van der Waals surface area (Å²) in [6.45, 7) is 4.03. The summed E-state index contributed by atoms with van der Waals surface area (Å²) in [6, 6.07) is 12.7. The Morgan fingerprint density at radius 3 is 2.57 bits per heavy atom. The number of nitrogens with zero attached hydrogens (tertiary/aromatic N) is 1. The van der Waals surface area contributed by atoms with E-state index in [4.69, 9.17) is 5.73 Å². The van der Waals surface area contributed by atoms with Gasteiger partial charge in [0.2, 0.25) is 0 Å². The van der Waals surface area contributed by atoms with Crippen molar-refractivity contribution in [3.63, 3.8) is 0 Å². The van der Waals surface area contributed by atoms with Crippen LogP contribution in [-0.4, -0.2) is 10.2 Å². The van der Waals surface area contributed by atoms with Gasteiger partial charge in [-0.05, 0) is 31.5 Å². The molecule has 0 saturated carbocycles. The van der Waals surface area contributed by atoms with E-state index >= 15 is 0 Å². The molecule has 1 heterocycles. The lowest BCUT2D eigenvalue weighted by atomic mass is 9.96. The van der Waals surface area contributed by atoms with Crippen molar-refractivity contribution < 1.29 is 4.39 Å². The second kappa shape index (κ2) is 5.05. The molecule has 0 aliphatic carbocycles. The van der Waals surface area contributed by atoms with Crippen molar-refractivity contribution in [1.29, 1.82) is 0 Å². The highest BCUT2D eigenvalue weighted by molar-refractivity contribution is 5.89. The molecule has 0 radical (unpaired) electrons. The summed E-state index contributed by atoms with van der Waals surface area (Å²) in [6.07, 6.45) is 0. The van der Waals surface area contributed by atoms with Crippen molar-refractivity contribution in [3.05, 3.63) is 59.4 Å². The highest BCUT2D eigenvalue weighted by Crippen LogP contribution is 2.37. The van der Waals surface area contributed by atoms with Gasteiger partial charge in [-0.2, -0.15) is 5.10 Å². The molecule has 21 heavy (non-hydrogen) atoms. The highest BCUT2D eigenvalue weighted by Gasteiger charge is 2.18. The SMILES string of the molecule is Cc1ccc(C)c(-c2[nH]nc(N)c2-c2ccccc2F)c1. The van der Waals surface area contributed by atoms with Crippen molar-refractivity contribution >= 4 is 5.82 Å². The predicted octanol–water partition coefficient (Wildman–Crippen LogP) is 4.08. The van der Waals surface area contributed by atoms with Gasteiger partial charge in [0.1, 0.15) is 5.82 Å². The molecule has 3 aromatic rings. The Bertz CT molecular complexity index is 806. The number of hydrogen-bond donors (Lipinski definition) is 2. The van der Waals surface area contributed by atoms with E-state index in [1.165, 1.54) is 6.07 Å². The number of hydrogen-bond acceptors (Lipinski definition) is 2. The number of nitrogen functional groups attached to an aromatic ring is 1. The second-order valence-electron chi connectivity index (χ2n) is 5.16. The van der Waals surface area contributed by atoms with Crippen molar-refractivity contribution in [3.8, 4) is 22.4 Å². The topological polar surface area (TPSA) is 54.7 Å². The van der Waals surface area contributed by atoms with Gasteiger partial charge in [-0.25, -0.2) is 4.39 Å². The third-order valence-corrected chi connectivity index (χ3v) is 3.60. The zero-order valence-corrected chi connectivity index (χ0v) is 11.9. The number of aromatic amines is 1. The molecule has 0 bridgehead atoms. The maximum Gasteiger partial charge on any atom is 0.153 e. The minimum atomic E-state index is -0.308. The fraction of sp³-hybridized carbons (Fsp3) is 0.118. The summed E-state index contributed by atoms with van der Waals surface area (Å²) in [7, 11) is 0. The van der Waals surface area contributed by atoms with Gasteiger partial charge in [0.25, 0.3) is 0 Å². The maximum absolute atomic E-state index is 14.1. The number of benzene rings is 2. The molecule has 0 unspecified atom stereocenters. The quantitative estimate of drug-likeness (QED) is 0.743. The van der Waals surface area contributed by atoms with Crippen LogP contribution >= 0.6 is 0 Å². The largest absolute Gasteiger partial charge is 0.382 e. The van der Waals surface area contributed by atoms with Gasteiger partial charge >= 0.3 is 0 Å². The lowest BCUT2D eigenvalue weighted by molar-refractivity contribution is 0.631. The number of anilines is 1. The fourth-order valence-corrected chi connectivity index (χ4v) is 2.49. The first-order valence-corrected chi connectivity index (χ1v) is 6.74. The van der Waals surface area contributed by atoms with Crippen LogP contribution in [0.3, 0.4) is 0 Å². The first-order chi connectivity index (χ1) is 10.1. The fourth-order valence-electron chi connectivity index (χ4n) is 2.49. The lowest BCUT2D eigenvalue weighted by Gasteiger charge is -2.09. The minimum absolute atomic E-state index is 0.302. The van der Waals surface area contributed by atoms with Gasteiger partial charge < -0.3 is 5.73 Å². The molecule has 3 nitrogen and oxygen atoms in total. The highest BCUT2D eigenvalue weighted by atomic mass is 19.1. The summed E-state index contributed by atoms with van der Waals surface area (Å²) in [4.78, 5) is 0. The summed E-state index contributed by atoms with van der Waals surface area (Å²) < 4.78 is 14.1. The van der Waals surface area contributed by atoms with Crippen molar-refractivity contribution in [2.24, 2.45) is 0 Å². The van der Waals surface area contributed by atoms with Crippen LogP contribution in [-0.2, 0) is 0 Å². The number of aromatic nitrogens is 2. The van der Waals surface area contributed by atoms with E-state index in [1.54, 1.807) is 18.2 Å². The molecule has 0 atom stereocenters. The number of nitrogens with one attached hydrogen (secondary N) is 1. The molecule has 0 saturated heterocycles. The maximum atomic E-state index is 14.1. The average Bonchev–Trinajstić information content (AvgIpc) is 2.84. The second-order valence-corrected chi connectivity index (χ2v) is 5.16. The molecule has 2 aromatic carbocycles. The zero-order valence-electron chi connectivity index (χ0n) is 11.9. The van der Waals surface area contributed by atoms with Crippen LogP contribution in [0.4, 0.5) is 10.2 Å². The van der Waals surface area contributed by atoms with E-state index in [9.17, 15) is 4.39 Å². The Labute approximate surface area is 122 Å². The number of halogens is 1. The van der Waals surface area contributed by atoms with Gasteiger partial charge in [-0.15, -0.1) is 0 Å². The Balaban J connectivity index is 2.27. The predicted molar refractivity (Wildman–Crippen MR) is 83.3 cm³/mol. The van der Waals surface area contributed by atoms with E-state index in [2.05, 4.69) is 10.2 Å². The summed E-state index contributed by atoms with van der Waals surface area (Å²) in [5.41, 5.74) is 11.0. The number of aryl methyl sites for hydroxylation is 2. The summed E-state index contributed by atoms with van der Waals surface area (Å²) in [5, 5.41) is 7.01. The molecular formula is C17H16FN3. The molecule has 4 heteroatoms. The standard InChI is InChI=1S/C17H16FN3/c1-10-7-8-11(2)13(9-10)16-15(17(19)21-20-16)12-5-3-4-6-14(12)18/h3-9H,1-2H3,(H3,19,20,21). The van der Waals surface area contributed by atoms with Crippen LogP contribution in [0, 0.1) is 19.7 Å².